The lowest BCUT2D eigenvalue weighted by Gasteiger charge is -2.14. The Hall–Kier alpha value is -0.610. The van der Waals surface area contributed by atoms with Crippen LogP contribution in [0.1, 0.15) is 13.3 Å². The second-order valence-corrected chi connectivity index (χ2v) is 3.48. The van der Waals surface area contributed by atoms with Crippen molar-refractivity contribution in [2.24, 2.45) is 5.92 Å². The molecule has 0 spiro atoms. The molecule has 1 amide bonds. The molecule has 1 fully saturated rings. The zero-order chi connectivity index (χ0) is 9.68. The van der Waals surface area contributed by atoms with Crippen LogP contribution in [0.5, 0.6) is 0 Å². The Morgan fingerprint density at radius 2 is 2.46 bits per heavy atom. The topological polar surface area (TPSA) is 50.4 Å². The van der Waals surface area contributed by atoms with E-state index < -0.39 is 0 Å². The fourth-order valence-electron chi connectivity index (χ4n) is 1.57. The van der Waals surface area contributed by atoms with Crippen LogP contribution in [0.4, 0.5) is 0 Å². The summed E-state index contributed by atoms with van der Waals surface area (Å²) in [5.74, 6) is 0.546. The Kier molecular flexibility index (Phi) is 4.18. The fraction of sp³-hybridized carbons (Fsp3) is 0.889. The van der Waals surface area contributed by atoms with Crippen molar-refractivity contribution >= 4 is 5.91 Å². The smallest absolute Gasteiger partial charge is 0.237 e. The number of methoxy groups -OCH3 is 1. The summed E-state index contributed by atoms with van der Waals surface area (Å²) >= 11 is 0. The zero-order valence-electron chi connectivity index (χ0n) is 8.30. The molecule has 4 nitrogen and oxygen atoms in total. The van der Waals surface area contributed by atoms with E-state index in [0.717, 1.165) is 13.0 Å². The monoisotopic (exact) mass is 186 g/mol. The minimum atomic E-state index is -0.00291. The molecule has 0 radical (unpaired) electrons. The van der Waals surface area contributed by atoms with E-state index in [0.29, 0.717) is 19.1 Å². The molecule has 1 aliphatic rings. The van der Waals surface area contributed by atoms with Gasteiger partial charge in [0.25, 0.3) is 0 Å². The molecule has 13 heavy (non-hydrogen) atoms. The summed E-state index contributed by atoms with van der Waals surface area (Å²) in [7, 11) is 1.63. The molecule has 0 aliphatic carbocycles. The van der Waals surface area contributed by atoms with Crippen LogP contribution in [0.2, 0.25) is 0 Å². The molecule has 0 bridgehead atoms. The van der Waals surface area contributed by atoms with Crippen LogP contribution >= 0.6 is 0 Å². The van der Waals surface area contributed by atoms with Gasteiger partial charge in [-0.1, -0.05) is 6.92 Å². The molecule has 2 N–H and O–H groups in total. The molecule has 0 saturated carbocycles. The maximum atomic E-state index is 11.5. The zero-order valence-corrected chi connectivity index (χ0v) is 8.30. The Bertz CT molecular complexity index is 173. The molecule has 1 aliphatic heterocycles. The standard InChI is InChI=1S/C9H18N2O2/c1-7-3-4-10-8(7)9(12)11-5-6-13-2/h7-8,10H,3-6H2,1-2H3,(H,11,12). The fourth-order valence-corrected chi connectivity index (χ4v) is 1.57. The van der Waals surface area contributed by atoms with E-state index in [4.69, 9.17) is 4.74 Å². The maximum Gasteiger partial charge on any atom is 0.237 e. The van der Waals surface area contributed by atoms with E-state index in [1.807, 2.05) is 0 Å². The highest BCUT2D eigenvalue weighted by atomic mass is 16.5. The number of amides is 1. The van der Waals surface area contributed by atoms with Crippen LogP contribution < -0.4 is 10.6 Å². The van der Waals surface area contributed by atoms with Gasteiger partial charge in [0.15, 0.2) is 0 Å². The lowest BCUT2D eigenvalue weighted by molar-refractivity contribution is -0.123. The second kappa shape index (κ2) is 5.19. The quantitative estimate of drug-likeness (QED) is 0.595. The predicted molar refractivity (Wildman–Crippen MR) is 50.5 cm³/mol. The minimum Gasteiger partial charge on any atom is -0.383 e. The van der Waals surface area contributed by atoms with Crippen molar-refractivity contribution in [2.45, 2.75) is 19.4 Å². The average molecular weight is 186 g/mol. The van der Waals surface area contributed by atoms with Crippen molar-refractivity contribution < 1.29 is 9.53 Å². The van der Waals surface area contributed by atoms with Crippen molar-refractivity contribution in [3.05, 3.63) is 0 Å². The molecule has 0 aromatic carbocycles. The first-order valence-electron chi connectivity index (χ1n) is 4.75. The molecular weight excluding hydrogens is 168 g/mol. The van der Waals surface area contributed by atoms with Gasteiger partial charge in [0, 0.05) is 13.7 Å². The molecule has 1 saturated heterocycles. The number of carbonyl (C=O) groups excluding carboxylic acids is 1. The SMILES string of the molecule is COCCNC(=O)C1NCCC1C. The lowest BCUT2D eigenvalue weighted by Crippen LogP contribution is -2.44. The highest BCUT2D eigenvalue weighted by Gasteiger charge is 2.28. The highest BCUT2D eigenvalue weighted by Crippen LogP contribution is 2.13. The molecule has 76 valence electrons. The Balaban J connectivity index is 2.22. The van der Waals surface area contributed by atoms with Gasteiger partial charge in [-0.25, -0.2) is 0 Å². The lowest BCUT2D eigenvalue weighted by atomic mass is 10.0. The third kappa shape index (κ3) is 2.97. The average Bonchev–Trinajstić information content (AvgIpc) is 2.52. The van der Waals surface area contributed by atoms with Crippen molar-refractivity contribution in [1.82, 2.24) is 10.6 Å². The second-order valence-electron chi connectivity index (χ2n) is 3.48. The van der Waals surface area contributed by atoms with Crippen molar-refractivity contribution in [1.29, 1.82) is 0 Å². The molecule has 0 aromatic heterocycles. The Morgan fingerprint density at radius 1 is 1.69 bits per heavy atom. The largest absolute Gasteiger partial charge is 0.383 e. The van der Waals surface area contributed by atoms with Crippen LogP contribution in [0.15, 0.2) is 0 Å². The number of carbonyl (C=O) groups is 1. The molecule has 2 atom stereocenters. The summed E-state index contributed by atoms with van der Waals surface area (Å²) < 4.78 is 4.85. The number of nitrogens with one attached hydrogen (secondary N) is 2. The first-order valence-corrected chi connectivity index (χ1v) is 4.75. The summed E-state index contributed by atoms with van der Waals surface area (Å²) in [6.45, 7) is 4.22. The summed E-state index contributed by atoms with van der Waals surface area (Å²) in [6, 6.07) is -0.00291. The van der Waals surface area contributed by atoms with E-state index in [-0.39, 0.29) is 11.9 Å². The first kappa shape index (κ1) is 10.5. The van der Waals surface area contributed by atoms with Crippen LogP contribution in [0, 0.1) is 5.92 Å². The van der Waals surface area contributed by atoms with E-state index in [9.17, 15) is 4.79 Å². The van der Waals surface area contributed by atoms with Gasteiger partial charge >= 0.3 is 0 Å². The van der Waals surface area contributed by atoms with Gasteiger partial charge < -0.3 is 15.4 Å². The van der Waals surface area contributed by atoms with Gasteiger partial charge in [-0.2, -0.15) is 0 Å². The molecule has 0 aromatic rings. The van der Waals surface area contributed by atoms with Gasteiger partial charge in [-0.05, 0) is 18.9 Å². The number of hydrogen-bond acceptors (Lipinski definition) is 3. The number of hydrogen-bond donors (Lipinski definition) is 2. The summed E-state index contributed by atoms with van der Waals surface area (Å²) in [4.78, 5) is 11.5. The van der Waals surface area contributed by atoms with Crippen molar-refractivity contribution in [2.75, 3.05) is 26.8 Å². The number of rotatable bonds is 4. The summed E-state index contributed by atoms with van der Waals surface area (Å²) in [6.07, 6.45) is 1.09. The van der Waals surface area contributed by atoms with E-state index in [1.54, 1.807) is 7.11 Å². The van der Waals surface area contributed by atoms with Crippen molar-refractivity contribution in [3.8, 4) is 0 Å². The summed E-state index contributed by atoms with van der Waals surface area (Å²) in [5, 5.41) is 6.01. The predicted octanol–water partition coefficient (Wildman–Crippen LogP) is -0.253. The molecular formula is C9H18N2O2. The first-order chi connectivity index (χ1) is 6.25. The van der Waals surface area contributed by atoms with Gasteiger partial charge in [-0.3, -0.25) is 4.79 Å². The molecule has 4 heteroatoms. The third-order valence-electron chi connectivity index (χ3n) is 2.42. The Labute approximate surface area is 79.0 Å². The van der Waals surface area contributed by atoms with E-state index >= 15 is 0 Å². The van der Waals surface area contributed by atoms with Gasteiger partial charge in [0.05, 0.1) is 12.6 Å². The molecule has 1 heterocycles. The van der Waals surface area contributed by atoms with Gasteiger partial charge in [0.2, 0.25) is 5.91 Å². The molecule has 1 rings (SSSR count). The normalized spacial score (nSPS) is 27.5. The van der Waals surface area contributed by atoms with Gasteiger partial charge in [0.1, 0.15) is 0 Å². The minimum absolute atomic E-state index is 0.00291. The third-order valence-corrected chi connectivity index (χ3v) is 2.42. The molecule has 2 unspecified atom stereocenters. The van der Waals surface area contributed by atoms with Crippen LogP contribution in [0.3, 0.4) is 0 Å². The number of ether oxygens (including phenoxy) is 1. The van der Waals surface area contributed by atoms with E-state index in [1.165, 1.54) is 0 Å². The van der Waals surface area contributed by atoms with Crippen LogP contribution in [0.25, 0.3) is 0 Å². The Morgan fingerprint density at radius 3 is 3.00 bits per heavy atom. The van der Waals surface area contributed by atoms with Crippen LogP contribution in [-0.2, 0) is 9.53 Å². The highest BCUT2D eigenvalue weighted by molar-refractivity contribution is 5.82. The van der Waals surface area contributed by atoms with Crippen LogP contribution in [-0.4, -0.2) is 38.8 Å². The van der Waals surface area contributed by atoms with Gasteiger partial charge in [-0.15, -0.1) is 0 Å². The maximum absolute atomic E-state index is 11.5. The van der Waals surface area contributed by atoms with E-state index in [2.05, 4.69) is 17.6 Å². The summed E-state index contributed by atoms with van der Waals surface area (Å²) in [5.41, 5.74) is 0. The van der Waals surface area contributed by atoms with Crippen molar-refractivity contribution in [3.63, 3.8) is 0 Å².